The first-order valence-corrected chi connectivity index (χ1v) is 3.88. The van der Waals surface area contributed by atoms with Gasteiger partial charge in [-0.1, -0.05) is 0 Å². The van der Waals surface area contributed by atoms with E-state index in [4.69, 9.17) is 5.73 Å². The van der Waals surface area contributed by atoms with E-state index < -0.39 is 11.8 Å². The Bertz CT molecular complexity index is 174. The van der Waals surface area contributed by atoms with Gasteiger partial charge in [0.25, 0.3) is 5.92 Å². The average Bonchev–Trinajstić information content (AvgIpc) is 1.93. The number of hydrogen-bond acceptors (Lipinski definition) is 2. The smallest absolute Gasteiger partial charge is 0.250 e. The van der Waals surface area contributed by atoms with Crippen molar-refractivity contribution in [2.24, 2.45) is 5.73 Å². The number of carbonyl (C=O) groups is 1. The lowest BCUT2D eigenvalue weighted by atomic mass is 10.1. The van der Waals surface area contributed by atoms with Crippen molar-refractivity contribution in [2.45, 2.75) is 18.8 Å². The number of alkyl halides is 2. The topological polar surface area (TPSA) is 46.3 Å². The molecule has 70 valence electrons. The van der Waals surface area contributed by atoms with Crippen LogP contribution in [0.2, 0.25) is 0 Å². The SMILES string of the molecule is NC(=O)CN1CCC(F)(F)CC1. The van der Waals surface area contributed by atoms with Crippen LogP contribution in [0.25, 0.3) is 0 Å². The molecular weight excluding hydrogens is 166 g/mol. The molecule has 0 radical (unpaired) electrons. The van der Waals surface area contributed by atoms with Crippen LogP contribution in [0.1, 0.15) is 12.8 Å². The van der Waals surface area contributed by atoms with Crippen LogP contribution in [0.3, 0.4) is 0 Å². The summed E-state index contributed by atoms with van der Waals surface area (Å²) in [4.78, 5) is 12.1. The highest BCUT2D eigenvalue weighted by molar-refractivity contribution is 5.75. The molecule has 0 saturated carbocycles. The van der Waals surface area contributed by atoms with Crippen LogP contribution in [0.5, 0.6) is 0 Å². The van der Waals surface area contributed by atoms with Crippen LogP contribution in [0.4, 0.5) is 8.78 Å². The number of likely N-dealkylation sites (tertiary alicyclic amines) is 1. The van der Waals surface area contributed by atoms with Crippen molar-refractivity contribution >= 4 is 5.91 Å². The van der Waals surface area contributed by atoms with Crippen LogP contribution in [-0.4, -0.2) is 36.4 Å². The van der Waals surface area contributed by atoms with Crippen molar-refractivity contribution in [1.82, 2.24) is 4.90 Å². The third-order valence-corrected chi connectivity index (χ3v) is 1.97. The minimum Gasteiger partial charge on any atom is -0.369 e. The Morgan fingerprint density at radius 1 is 1.42 bits per heavy atom. The molecule has 0 aliphatic carbocycles. The third kappa shape index (κ3) is 2.73. The van der Waals surface area contributed by atoms with E-state index in [-0.39, 0.29) is 32.5 Å². The molecule has 3 nitrogen and oxygen atoms in total. The number of piperidine rings is 1. The van der Waals surface area contributed by atoms with Crippen LogP contribution in [0.15, 0.2) is 0 Å². The maximum Gasteiger partial charge on any atom is 0.250 e. The number of rotatable bonds is 2. The van der Waals surface area contributed by atoms with Gasteiger partial charge >= 0.3 is 0 Å². The van der Waals surface area contributed by atoms with E-state index in [1.807, 2.05) is 0 Å². The first kappa shape index (κ1) is 9.38. The van der Waals surface area contributed by atoms with E-state index in [1.54, 1.807) is 4.90 Å². The van der Waals surface area contributed by atoms with Gasteiger partial charge < -0.3 is 5.73 Å². The minimum atomic E-state index is -2.55. The van der Waals surface area contributed by atoms with Gasteiger partial charge in [0.2, 0.25) is 5.91 Å². The van der Waals surface area contributed by atoms with Gasteiger partial charge in [-0.2, -0.15) is 0 Å². The molecule has 2 N–H and O–H groups in total. The van der Waals surface area contributed by atoms with Gasteiger partial charge in [0.15, 0.2) is 0 Å². The molecule has 1 aliphatic rings. The molecule has 0 aromatic heterocycles. The number of halogens is 2. The Balaban J connectivity index is 2.31. The Labute approximate surface area is 69.5 Å². The zero-order valence-electron chi connectivity index (χ0n) is 6.72. The normalized spacial score (nSPS) is 23.8. The molecule has 0 unspecified atom stereocenters. The number of hydrogen-bond donors (Lipinski definition) is 1. The van der Waals surface area contributed by atoms with Crippen molar-refractivity contribution in [1.29, 1.82) is 0 Å². The number of primary amides is 1. The summed E-state index contributed by atoms with van der Waals surface area (Å²) in [6.07, 6.45) is -0.333. The Morgan fingerprint density at radius 2 is 1.92 bits per heavy atom. The lowest BCUT2D eigenvalue weighted by molar-refractivity contribution is -0.121. The average molecular weight is 178 g/mol. The molecule has 0 spiro atoms. The molecule has 0 atom stereocenters. The van der Waals surface area contributed by atoms with Crippen molar-refractivity contribution in [3.8, 4) is 0 Å². The summed E-state index contributed by atoms with van der Waals surface area (Å²) in [6, 6.07) is 0. The summed E-state index contributed by atoms with van der Waals surface area (Å²) in [5.74, 6) is -3.01. The van der Waals surface area contributed by atoms with Gasteiger partial charge in [0.1, 0.15) is 0 Å². The number of carbonyl (C=O) groups excluding carboxylic acids is 1. The highest BCUT2D eigenvalue weighted by atomic mass is 19.3. The second kappa shape index (κ2) is 3.35. The number of amides is 1. The second-order valence-corrected chi connectivity index (χ2v) is 3.10. The molecule has 1 amide bonds. The molecular formula is C7H12F2N2O. The summed E-state index contributed by atoms with van der Waals surface area (Å²) in [6.45, 7) is 0.613. The second-order valence-electron chi connectivity index (χ2n) is 3.10. The standard InChI is InChI=1S/C7H12F2N2O/c8-7(9)1-3-11(4-2-7)5-6(10)12/h1-5H2,(H2,10,12). The van der Waals surface area contributed by atoms with E-state index in [0.717, 1.165) is 0 Å². The van der Waals surface area contributed by atoms with E-state index in [1.165, 1.54) is 0 Å². The lowest BCUT2D eigenvalue weighted by Crippen LogP contribution is -2.43. The van der Waals surface area contributed by atoms with Crippen molar-refractivity contribution in [2.75, 3.05) is 19.6 Å². The molecule has 5 heteroatoms. The highest BCUT2D eigenvalue weighted by Gasteiger charge is 2.33. The zero-order valence-corrected chi connectivity index (χ0v) is 6.72. The van der Waals surface area contributed by atoms with Gasteiger partial charge in [-0.25, -0.2) is 8.78 Å². The predicted octanol–water partition coefficient (Wildman–Crippen LogP) is 0.203. The molecule has 1 heterocycles. The number of nitrogens with zero attached hydrogens (tertiary/aromatic N) is 1. The van der Waals surface area contributed by atoms with E-state index in [2.05, 4.69) is 0 Å². The van der Waals surface area contributed by atoms with E-state index in [0.29, 0.717) is 0 Å². The first-order chi connectivity index (χ1) is 5.49. The highest BCUT2D eigenvalue weighted by Crippen LogP contribution is 2.27. The summed E-state index contributed by atoms with van der Waals surface area (Å²) < 4.78 is 25.1. The number of nitrogens with two attached hydrogens (primary N) is 1. The predicted molar refractivity (Wildman–Crippen MR) is 39.8 cm³/mol. The van der Waals surface area contributed by atoms with Crippen LogP contribution >= 0.6 is 0 Å². The molecule has 0 bridgehead atoms. The van der Waals surface area contributed by atoms with Gasteiger partial charge in [-0.05, 0) is 0 Å². The monoisotopic (exact) mass is 178 g/mol. The molecule has 0 aromatic rings. The maximum absolute atomic E-state index is 12.6. The summed E-state index contributed by atoms with van der Waals surface area (Å²) in [7, 11) is 0. The minimum absolute atomic E-state index is 0.0933. The summed E-state index contributed by atoms with van der Waals surface area (Å²) >= 11 is 0. The maximum atomic E-state index is 12.6. The largest absolute Gasteiger partial charge is 0.369 e. The Kier molecular flexibility index (Phi) is 2.62. The molecule has 1 saturated heterocycles. The van der Waals surface area contributed by atoms with Crippen LogP contribution in [0, 0.1) is 0 Å². The Morgan fingerprint density at radius 3 is 2.33 bits per heavy atom. The molecule has 1 fully saturated rings. The van der Waals surface area contributed by atoms with E-state index >= 15 is 0 Å². The lowest BCUT2D eigenvalue weighted by Gasteiger charge is -2.30. The van der Waals surface area contributed by atoms with Crippen LogP contribution in [-0.2, 0) is 4.79 Å². The fraction of sp³-hybridized carbons (Fsp3) is 0.857. The van der Waals surface area contributed by atoms with Gasteiger partial charge in [-0.15, -0.1) is 0 Å². The zero-order chi connectivity index (χ0) is 9.19. The third-order valence-electron chi connectivity index (χ3n) is 1.97. The summed E-state index contributed by atoms with van der Waals surface area (Å²) in [5.41, 5.74) is 4.92. The first-order valence-electron chi connectivity index (χ1n) is 3.88. The van der Waals surface area contributed by atoms with Gasteiger partial charge in [0, 0.05) is 25.9 Å². The molecule has 0 aromatic carbocycles. The fourth-order valence-corrected chi connectivity index (χ4v) is 1.26. The van der Waals surface area contributed by atoms with Gasteiger partial charge in [-0.3, -0.25) is 9.69 Å². The molecule has 1 rings (SSSR count). The quantitative estimate of drug-likeness (QED) is 0.656. The van der Waals surface area contributed by atoms with Crippen molar-refractivity contribution in [3.05, 3.63) is 0 Å². The molecule has 12 heavy (non-hydrogen) atoms. The molecule has 1 aliphatic heterocycles. The van der Waals surface area contributed by atoms with Crippen molar-refractivity contribution < 1.29 is 13.6 Å². The van der Waals surface area contributed by atoms with E-state index in [9.17, 15) is 13.6 Å². The summed E-state index contributed by atoms with van der Waals surface area (Å²) in [5, 5.41) is 0. The van der Waals surface area contributed by atoms with Crippen LogP contribution < -0.4 is 5.73 Å². The Hall–Kier alpha value is -0.710. The van der Waals surface area contributed by atoms with Gasteiger partial charge in [0.05, 0.1) is 6.54 Å². The fourth-order valence-electron chi connectivity index (χ4n) is 1.26. The van der Waals surface area contributed by atoms with Crippen molar-refractivity contribution in [3.63, 3.8) is 0 Å².